The van der Waals surface area contributed by atoms with Crippen molar-refractivity contribution in [3.05, 3.63) is 42.0 Å². The summed E-state index contributed by atoms with van der Waals surface area (Å²) >= 11 is 0. The fourth-order valence-electron chi connectivity index (χ4n) is 0.996. The minimum absolute atomic E-state index is 0.634. The normalized spacial score (nSPS) is 22.4. The van der Waals surface area contributed by atoms with E-state index in [1.54, 1.807) is 0 Å². The third-order valence-corrected chi connectivity index (χ3v) is 1.76. The van der Waals surface area contributed by atoms with Crippen molar-refractivity contribution < 1.29 is 0 Å². The molecule has 0 bridgehead atoms. The van der Waals surface area contributed by atoms with Crippen molar-refractivity contribution in [2.45, 2.75) is 6.04 Å². The molecule has 1 nitrogen and oxygen atoms in total. The summed E-state index contributed by atoms with van der Waals surface area (Å²) in [5.41, 5.74) is 1.28. The van der Waals surface area contributed by atoms with Crippen LogP contribution in [-0.4, -0.2) is 12.6 Å². The van der Waals surface area contributed by atoms with Crippen molar-refractivity contribution in [1.82, 2.24) is 5.32 Å². The third kappa shape index (κ3) is 1.92. The van der Waals surface area contributed by atoms with E-state index in [0.29, 0.717) is 6.04 Å². The number of benzene rings is 1. The molecule has 1 N–H and O–H groups in total. The van der Waals surface area contributed by atoms with Crippen molar-refractivity contribution in [3.63, 3.8) is 0 Å². The molecule has 1 atom stereocenters. The molecule has 1 aromatic rings. The van der Waals surface area contributed by atoms with E-state index in [2.05, 4.69) is 41.7 Å². The van der Waals surface area contributed by atoms with Crippen LogP contribution in [0.2, 0.25) is 0 Å². The minimum atomic E-state index is 0.634. The molecule has 1 unspecified atom stereocenters. The predicted octanol–water partition coefficient (Wildman–Crippen LogP) is 1.67. The molecule has 0 radical (unpaired) electrons. The summed E-state index contributed by atoms with van der Waals surface area (Å²) in [7, 11) is 0. The lowest BCUT2D eigenvalue weighted by Gasteiger charge is -1.88. The number of nitrogens with one attached hydrogen (secondary N) is 1. The van der Waals surface area contributed by atoms with E-state index in [1.165, 1.54) is 5.56 Å². The van der Waals surface area contributed by atoms with Crippen LogP contribution in [0, 0.1) is 0 Å². The van der Waals surface area contributed by atoms with Gasteiger partial charge < -0.3 is 5.32 Å². The smallest absolute Gasteiger partial charge is 0.0380 e. The van der Waals surface area contributed by atoms with Gasteiger partial charge in [-0.2, -0.15) is 0 Å². The molecule has 0 aromatic heterocycles. The van der Waals surface area contributed by atoms with Crippen molar-refractivity contribution >= 4 is 6.08 Å². The van der Waals surface area contributed by atoms with Gasteiger partial charge in [0.15, 0.2) is 0 Å². The largest absolute Gasteiger partial charge is 0.307 e. The minimum Gasteiger partial charge on any atom is -0.307 e. The van der Waals surface area contributed by atoms with Crippen LogP contribution in [0.5, 0.6) is 0 Å². The molecule has 1 fully saturated rings. The average Bonchev–Trinajstić information content (AvgIpc) is 2.86. The zero-order chi connectivity index (χ0) is 7.52. The predicted molar refractivity (Wildman–Crippen MR) is 47.3 cm³/mol. The van der Waals surface area contributed by atoms with Crippen LogP contribution in [0.15, 0.2) is 36.4 Å². The summed E-state index contributed by atoms with van der Waals surface area (Å²) in [5.74, 6) is 0. The highest BCUT2D eigenvalue weighted by Gasteiger charge is 2.14. The average molecular weight is 145 g/mol. The zero-order valence-corrected chi connectivity index (χ0v) is 6.33. The molecular weight excluding hydrogens is 134 g/mol. The van der Waals surface area contributed by atoms with E-state index in [0.717, 1.165) is 6.54 Å². The first-order valence-corrected chi connectivity index (χ1v) is 3.92. The Hall–Kier alpha value is -1.08. The van der Waals surface area contributed by atoms with Crippen LogP contribution in [0.3, 0.4) is 0 Å². The Balaban J connectivity index is 2.05. The number of hydrogen-bond donors (Lipinski definition) is 1. The van der Waals surface area contributed by atoms with Crippen LogP contribution >= 0.6 is 0 Å². The van der Waals surface area contributed by atoms with Gasteiger partial charge >= 0.3 is 0 Å². The molecule has 1 aliphatic rings. The summed E-state index contributed by atoms with van der Waals surface area (Å²) in [6, 6.07) is 11.0. The molecule has 56 valence electrons. The second kappa shape index (κ2) is 2.89. The van der Waals surface area contributed by atoms with Crippen LogP contribution in [0.25, 0.3) is 6.08 Å². The van der Waals surface area contributed by atoms with Gasteiger partial charge in [-0.15, -0.1) is 0 Å². The van der Waals surface area contributed by atoms with Gasteiger partial charge in [-0.3, -0.25) is 0 Å². The van der Waals surface area contributed by atoms with E-state index in [1.807, 2.05) is 6.07 Å². The van der Waals surface area contributed by atoms with Gasteiger partial charge in [-0.1, -0.05) is 42.5 Å². The highest BCUT2D eigenvalue weighted by molar-refractivity contribution is 5.50. The van der Waals surface area contributed by atoms with E-state index < -0.39 is 0 Å². The zero-order valence-electron chi connectivity index (χ0n) is 6.33. The summed E-state index contributed by atoms with van der Waals surface area (Å²) in [6.45, 7) is 1.14. The maximum atomic E-state index is 3.22. The monoisotopic (exact) mass is 145 g/mol. The van der Waals surface area contributed by atoms with Crippen molar-refractivity contribution in [3.8, 4) is 0 Å². The van der Waals surface area contributed by atoms with E-state index in [9.17, 15) is 0 Å². The molecule has 11 heavy (non-hydrogen) atoms. The van der Waals surface area contributed by atoms with Crippen molar-refractivity contribution in [2.75, 3.05) is 6.54 Å². The Kier molecular flexibility index (Phi) is 1.74. The van der Waals surface area contributed by atoms with Crippen molar-refractivity contribution in [1.29, 1.82) is 0 Å². The second-order valence-electron chi connectivity index (χ2n) is 2.78. The lowest BCUT2D eigenvalue weighted by molar-refractivity contribution is 1.21. The summed E-state index contributed by atoms with van der Waals surface area (Å²) < 4.78 is 0. The van der Waals surface area contributed by atoms with E-state index in [4.69, 9.17) is 0 Å². The first-order valence-electron chi connectivity index (χ1n) is 3.92. The Bertz CT molecular complexity index is 247. The summed E-state index contributed by atoms with van der Waals surface area (Å²) in [4.78, 5) is 0. The molecule has 0 spiro atoms. The van der Waals surface area contributed by atoms with E-state index >= 15 is 0 Å². The lowest BCUT2D eigenvalue weighted by Crippen LogP contribution is -1.80. The van der Waals surface area contributed by atoms with E-state index in [-0.39, 0.29) is 0 Å². The molecule has 1 saturated heterocycles. The summed E-state index contributed by atoms with van der Waals surface area (Å²) in [5, 5.41) is 3.22. The van der Waals surface area contributed by atoms with Gasteiger partial charge in [0.05, 0.1) is 0 Å². The highest BCUT2D eigenvalue weighted by Crippen LogP contribution is 2.05. The molecule has 0 aliphatic carbocycles. The molecule has 2 rings (SSSR count). The number of rotatable bonds is 2. The first-order chi connectivity index (χ1) is 5.45. The quantitative estimate of drug-likeness (QED) is 0.628. The van der Waals surface area contributed by atoms with Crippen LogP contribution in [-0.2, 0) is 0 Å². The highest BCUT2D eigenvalue weighted by atomic mass is 15.1. The molecular formula is C10H11N. The molecule has 1 heteroatoms. The van der Waals surface area contributed by atoms with Gasteiger partial charge in [-0.05, 0) is 5.56 Å². The Morgan fingerprint density at radius 1 is 1.27 bits per heavy atom. The topological polar surface area (TPSA) is 21.9 Å². The van der Waals surface area contributed by atoms with Gasteiger partial charge in [0.2, 0.25) is 0 Å². The van der Waals surface area contributed by atoms with Gasteiger partial charge in [0, 0.05) is 12.6 Å². The van der Waals surface area contributed by atoms with Crippen molar-refractivity contribution in [2.24, 2.45) is 0 Å². The third-order valence-electron chi connectivity index (χ3n) is 1.76. The van der Waals surface area contributed by atoms with Gasteiger partial charge in [0.1, 0.15) is 0 Å². The molecule has 1 heterocycles. The molecule has 0 saturated carbocycles. The Morgan fingerprint density at radius 2 is 2.00 bits per heavy atom. The molecule has 1 aliphatic heterocycles. The molecule has 1 aromatic carbocycles. The Labute approximate surface area is 66.7 Å². The maximum Gasteiger partial charge on any atom is 0.0380 e. The summed E-state index contributed by atoms with van der Waals surface area (Å²) in [6.07, 6.45) is 4.36. The van der Waals surface area contributed by atoms with Gasteiger partial charge in [0.25, 0.3) is 0 Å². The first kappa shape index (κ1) is 6.62. The van der Waals surface area contributed by atoms with Crippen LogP contribution in [0.4, 0.5) is 0 Å². The van der Waals surface area contributed by atoms with Crippen LogP contribution < -0.4 is 5.32 Å². The fraction of sp³-hybridized carbons (Fsp3) is 0.200. The maximum absolute atomic E-state index is 3.22. The standard InChI is InChI=1S/C10H11N/c1-2-4-9(5-3-1)6-7-10-8-11-10/h1-7,10-11H,8H2/b7-6+. The number of hydrogen-bond acceptors (Lipinski definition) is 1. The SMILES string of the molecule is C(=C\C1CN1)/c1ccccc1. The molecule has 0 amide bonds. The second-order valence-corrected chi connectivity index (χ2v) is 2.78. The van der Waals surface area contributed by atoms with Gasteiger partial charge in [-0.25, -0.2) is 0 Å². The lowest BCUT2D eigenvalue weighted by atomic mass is 10.2. The fourth-order valence-corrected chi connectivity index (χ4v) is 0.996. The Morgan fingerprint density at radius 3 is 2.64 bits per heavy atom. The van der Waals surface area contributed by atoms with Crippen LogP contribution in [0.1, 0.15) is 5.56 Å².